The predicted molar refractivity (Wildman–Crippen MR) is 69.4 cm³/mol. The van der Waals surface area contributed by atoms with E-state index in [-0.39, 0.29) is 16.9 Å². The van der Waals surface area contributed by atoms with Crippen LogP contribution >= 0.6 is 0 Å². The lowest BCUT2D eigenvalue weighted by molar-refractivity contribution is 0.0844. The number of phenolic OH excluding ortho intramolecular Hbond substituents is 1. The maximum atomic E-state index is 13.3. The Morgan fingerprint density at radius 1 is 0.900 bits per heavy atom. The molecule has 0 aliphatic heterocycles. The first-order valence-electron chi connectivity index (χ1n) is 5.72. The highest BCUT2D eigenvalue weighted by Crippen LogP contribution is 2.09. The average Bonchev–Trinajstić information content (AvgIpc) is 2.45. The molecule has 0 fully saturated rings. The summed E-state index contributed by atoms with van der Waals surface area (Å²) in [4.78, 5) is 23.3. The van der Waals surface area contributed by atoms with Crippen LogP contribution in [0.15, 0.2) is 48.5 Å². The van der Waals surface area contributed by atoms with Crippen molar-refractivity contribution in [3.8, 4) is 5.75 Å². The SMILES string of the molecule is O=C(NNC(=O)c1ccccc1F)c1ccc(O)cc1. The van der Waals surface area contributed by atoms with Gasteiger partial charge in [0.1, 0.15) is 11.6 Å². The average molecular weight is 274 g/mol. The zero-order valence-corrected chi connectivity index (χ0v) is 10.3. The Balaban J connectivity index is 1.99. The Hall–Kier alpha value is -2.89. The standard InChI is InChI=1S/C14H11FN2O3/c15-12-4-2-1-3-11(12)14(20)17-16-13(19)9-5-7-10(18)8-6-9/h1-8,18H,(H,16,19)(H,17,20). The Morgan fingerprint density at radius 3 is 2.15 bits per heavy atom. The van der Waals surface area contributed by atoms with Gasteiger partial charge in [0.25, 0.3) is 11.8 Å². The summed E-state index contributed by atoms with van der Waals surface area (Å²) in [5.74, 6) is -1.98. The number of halogens is 1. The predicted octanol–water partition coefficient (Wildman–Crippen LogP) is 1.61. The van der Waals surface area contributed by atoms with E-state index in [0.29, 0.717) is 0 Å². The minimum atomic E-state index is -0.754. The van der Waals surface area contributed by atoms with Gasteiger partial charge in [0.15, 0.2) is 0 Å². The van der Waals surface area contributed by atoms with Crippen LogP contribution in [-0.4, -0.2) is 16.9 Å². The molecular weight excluding hydrogens is 263 g/mol. The largest absolute Gasteiger partial charge is 0.508 e. The van der Waals surface area contributed by atoms with E-state index in [2.05, 4.69) is 10.9 Å². The lowest BCUT2D eigenvalue weighted by Crippen LogP contribution is -2.41. The number of phenols is 1. The lowest BCUT2D eigenvalue weighted by atomic mass is 10.2. The highest BCUT2D eigenvalue weighted by Gasteiger charge is 2.12. The second-order valence-corrected chi connectivity index (χ2v) is 3.93. The number of benzene rings is 2. The molecule has 0 unspecified atom stereocenters. The van der Waals surface area contributed by atoms with E-state index in [0.717, 1.165) is 6.07 Å². The molecule has 2 aromatic rings. The molecule has 0 saturated carbocycles. The molecule has 2 amide bonds. The van der Waals surface area contributed by atoms with Crippen LogP contribution in [0.4, 0.5) is 4.39 Å². The smallest absolute Gasteiger partial charge is 0.272 e. The van der Waals surface area contributed by atoms with Gasteiger partial charge in [-0.2, -0.15) is 0 Å². The van der Waals surface area contributed by atoms with E-state index in [1.54, 1.807) is 0 Å². The van der Waals surface area contributed by atoms with Crippen LogP contribution < -0.4 is 10.9 Å². The molecular formula is C14H11FN2O3. The number of amides is 2. The number of hydrazine groups is 1. The topological polar surface area (TPSA) is 78.4 Å². The van der Waals surface area contributed by atoms with Gasteiger partial charge in [-0.3, -0.25) is 20.4 Å². The van der Waals surface area contributed by atoms with Crippen LogP contribution in [0.5, 0.6) is 5.75 Å². The summed E-state index contributed by atoms with van der Waals surface area (Å²) in [6.45, 7) is 0. The number of rotatable bonds is 2. The van der Waals surface area contributed by atoms with Gasteiger partial charge < -0.3 is 5.11 Å². The first-order valence-corrected chi connectivity index (χ1v) is 5.72. The van der Waals surface area contributed by atoms with Crippen LogP contribution in [-0.2, 0) is 0 Å². The Labute approximate surface area is 114 Å². The van der Waals surface area contributed by atoms with Gasteiger partial charge in [0.05, 0.1) is 5.56 Å². The molecule has 0 aromatic heterocycles. The molecule has 5 nitrogen and oxygen atoms in total. The highest BCUT2D eigenvalue weighted by molar-refractivity contribution is 5.99. The van der Waals surface area contributed by atoms with Gasteiger partial charge in [0, 0.05) is 5.56 Å². The van der Waals surface area contributed by atoms with E-state index in [9.17, 15) is 14.0 Å². The second-order valence-electron chi connectivity index (χ2n) is 3.93. The molecule has 0 spiro atoms. The third kappa shape index (κ3) is 3.11. The molecule has 0 radical (unpaired) electrons. The van der Waals surface area contributed by atoms with Crippen LogP contribution in [0.25, 0.3) is 0 Å². The molecule has 3 N–H and O–H groups in total. The van der Waals surface area contributed by atoms with E-state index < -0.39 is 17.6 Å². The molecule has 0 atom stereocenters. The van der Waals surface area contributed by atoms with E-state index in [1.165, 1.54) is 42.5 Å². The summed E-state index contributed by atoms with van der Waals surface area (Å²) in [5, 5.41) is 9.09. The third-order valence-corrected chi connectivity index (χ3v) is 2.54. The fourth-order valence-electron chi connectivity index (χ4n) is 1.51. The first kappa shape index (κ1) is 13.5. The summed E-state index contributed by atoms with van der Waals surface area (Å²) < 4.78 is 13.3. The van der Waals surface area contributed by atoms with Crippen molar-refractivity contribution in [2.45, 2.75) is 0 Å². The molecule has 6 heteroatoms. The van der Waals surface area contributed by atoms with Gasteiger partial charge in [-0.1, -0.05) is 12.1 Å². The number of hydrogen-bond donors (Lipinski definition) is 3. The van der Waals surface area contributed by atoms with Gasteiger partial charge in [0.2, 0.25) is 0 Å². The van der Waals surface area contributed by atoms with Crippen LogP contribution in [0, 0.1) is 5.82 Å². The van der Waals surface area contributed by atoms with Crippen molar-refractivity contribution in [2.24, 2.45) is 0 Å². The molecule has 2 rings (SSSR count). The Morgan fingerprint density at radius 2 is 1.50 bits per heavy atom. The fourth-order valence-corrected chi connectivity index (χ4v) is 1.51. The van der Waals surface area contributed by atoms with E-state index in [1.807, 2.05) is 0 Å². The van der Waals surface area contributed by atoms with Gasteiger partial charge in [-0.05, 0) is 36.4 Å². The number of aromatic hydroxyl groups is 1. The number of carbonyl (C=O) groups excluding carboxylic acids is 2. The summed E-state index contributed by atoms with van der Waals surface area (Å²) >= 11 is 0. The van der Waals surface area contributed by atoms with Crippen LogP contribution in [0.2, 0.25) is 0 Å². The molecule has 0 aliphatic carbocycles. The monoisotopic (exact) mass is 274 g/mol. The van der Waals surface area contributed by atoms with E-state index >= 15 is 0 Å². The van der Waals surface area contributed by atoms with Crippen molar-refractivity contribution < 1.29 is 19.1 Å². The Kier molecular flexibility index (Phi) is 3.95. The molecule has 0 aliphatic rings. The molecule has 102 valence electrons. The summed E-state index contributed by atoms with van der Waals surface area (Å²) in [6.07, 6.45) is 0. The van der Waals surface area contributed by atoms with Crippen LogP contribution in [0.1, 0.15) is 20.7 Å². The zero-order chi connectivity index (χ0) is 14.5. The van der Waals surface area contributed by atoms with Crippen molar-refractivity contribution in [1.29, 1.82) is 0 Å². The first-order chi connectivity index (χ1) is 9.58. The van der Waals surface area contributed by atoms with Gasteiger partial charge in [-0.15, -0.1) is 0 Å². The maximum Gasteiger partial charge on any atom is 0.272 e. The quantitative estimate of drug-likeness (QED) is 0.728. The number of carbonyl (C=O) groups is 2. The highest BCUT2D eigenvalue weighted by atomic mass is 19.1. The molecule has 20 heavy (non-hydrogen) atoms. The number of nitrogens with one attached hydrogen (secondary N) is 2. The summed E-state index contributed by atoms with van der Waals surface area (Å²) in [5.41, 5.74) is 4.35. The summed E-state index contributed by atoms with van der Waals surface area (Å²) in [7, 11) is 0. The number of hydrogen-bond acceptors (Lipinski definition) is 3. The van der Waals surface area contributed by atoms with Gasteiger partial charge >= 0.3 is 0 Å². The van der Waals surface area contributed by atoms with Crippen molar-refractivity contribution in [2.75, 3.05) is 0 Å². The van der Waals surface area contributed by atoms with Crippen molar-refractivity contribution in [3.05, 3.63) is 65.5 Å². The minimum absolute atomic E-state index is 0.0249. The zero-order valence-electron chi connectivity index (χ0n) is 10.3. The molecule has 2 aromatic carbocycles. The van der Waals surface area contributed by atoms with E-state index in [4.69, 9.17) is 5.11 Å². The van der Waals surface area contributed by atoms with Crippen LogP contribution in [0.3, 0.4) is 0 Å². The van der Waals surface area contributed by atoms with Crippen molar-refractivity contribution >= 4 is 11.8 Å². The van der Waals surface area contributed by atoms with Crippen molar-refractivity contribution in [1.82, 2.24) is 10.9 Å². The lowest BCUT2D eigenvalue weighted by Gasteiger charge is -2.08. The van der Waals surface area contributed by atoms with Crippen molar-refractivity contribution in [3.63, 3.8) is 0 Å². The van der Waals surface area contributed by atoms with Gasteiger partial charge in [-0.25, -0.2) is 4.39 Å². The third-order valence-electron chi connectivity index (χ3n) is 2.54. The fraction of sp³-hybridized carbons (Fsp3) is 0. The molecule has 0 saturated heterocycles. The maximum absolute atomic E-state index is 13.3. The molecule has 0 bridgehead atoms. The Bertz CT molecular complexity index is 641. The minimum Gasteiger partial charge on any atom is -0.508 e. The second kappa shape index (κ2) is 5.83. The summed E-state index contributed by atoms with van der Waals surface area (Å²) in [6, 6.07) is 10.9. The molecule has 0 heterocycles. The normalized spacial score (nSPS) is 9.85.